The van der Waals surface area contributed by atoms with E-state index >= 15 is 4.39 Å². The van der Waals surface area contributed by atoms with Crippen LogP contribution < -0.4 is 20.9 Å². The first-order valence-electron chi connectivity index (χ1n) is 12.1. The molecule has 3 aromatic heterocycles. The van der Waals surface area contributed by atoms with E-state index in [1.165, 1.54) is 23.0 Å². The highest BCUT2D eigenvalue weighted by atomic mass is 19.1. The number of H-pyrrole nitrogens is 1. The third kappa shape index (κ3) is 4.84. The zero-order chi connectivity index (χ0) is 27.7. The van der Waals surface area contributed by atoms with Crippen LogP contribution in [0.4, 0.5) is 15.9 Å². The Hall–Kier alpha value is -4.97. The molecular formula is C27H26FN7O4. The highest BCUT2D eigenvalue weighted by Gasteiger charge is 2.23. The van der Waals surface area contributed by atoms with Gasteiger partial charge in [-0.1, -0.05) is 18.2 Å². The molecule has 5 rings (SSSR count). The van der Waals surface area contributed by atoms with Crippen molar-refractivity contribution in [3.63, 3.8) is 0 Å². The lowest BCUT2D eigenvalue weighted by Crippen LogP contribution is -2.25. The zero-order valence-corrected chi connectivity index (χ0v) is 21.4. The summed E-state index contributed by atoms with van der Waals surface area (Å²) in [5.74, 6) is -0.785. The largest absolute Gasteiger partial charge is 0.453 e. The smallest absolute Gasteiger partial charge is 0.284 e. The quantitative estimate of drug-likeness (QED) is 0.239. The second kappa shape index (κ2) is 10.4. The van der Waals surface area contributed by atoms with Crippen LogP contribution in [-0.4, -0.2) is 48.2 Å². The molecule has 0 unspecified atom stereocenters. The van der Waals surface area contributed by atoms with Gasteiger partial charge in [-0.2, -0.15) is 5.10 Å². The summed E-state index contributed by atoms with van der Waals surface area (Å²) < 4.78 is 23.9. The number of aromatic nitrogens is 5. The Kier molecular flexibility index (Phi) is 6.86. The molecule has 0 aliphatic rings. The minimum absolute atomic E-state index is 0.0432. The number of nitrogens with one attached hydrogen (secondary N) is 3. The molecule has 4 N–H and O–H groups in total. The fourth-order valence-corrected chi connectivity index (χ4v) is 4.19. The Balaban J connectivity index is 1.39. The number of aliphatic hydroxyl groups excluding tert-OH is 1. The minimum Gasteiger partial charge on any atom is -0.453 e. The number of pyridine rings is 1. The summed E-state index contributed by atoms with van der Waals surface area (Å²) in [7, 11) is 1.69. The molecule has 0 radical (unpaired) electrons. The van der Waals surface area contributed by atoms with Crippen molar-refractivity contribution in [3.05, 3.63) is 88.2 Å². The first-order valence-corrected chi connectivity index (χ1v) is 12.1. The van der Waals surface area contributed by atoms with E-state index < -0.39 is 17.3 Å². The van der Waals surface area contributed by atoms with Gasteiger partial charge >= 0.3 is 0 Å². The Morgan fingerprint density at radius 1 is 1.18 bits per heavy atom. The molecule has 5 aromatic rings. The number of rotatable bonds is 8. The van der Waals surface area contributed by atoms with Crippen LogP contribution in [0, 0.1) is 12.7 Å². The summed E-state index contributed by atoms with van der Waals surface area (Å²) in [6.45, 7) is 3.33. The van der Waals surface area contributed by atoms with Crippen molar-refractivity contribution in [2.75, 3.05) is 17.2 Å². The molecule has 200 valence electrons. The van der Waals surface area contributed by atoms with E-state index in [1.54, 1.807) is 55.9 Å². The molecule has 1 atom stereocenters. The van der Waals surface area contributed by atoms with Gasteiger partial charge in [0.15, 0.2) is 23.0 Å². The van der Waals surface area contributed by atoms with E-state index in [9.17, 15) is 14.7 Å². The molecule has 12 heteroatoms. The van der Waals surface area contributed by atoms with E-state index in [2.05, 4.69) is 25.8 Å². The Morgan fingerprint density at radius 2 is 1.95 bits per heavy atom. The number of nitrogens with zero attached hydrogens (tertiary/aromatic N) is 4. The van der Waals surface area contributed by atoms with Crippen molar-refractivity contribution in [2.24, 2.45) is 7.05 Å². The highest BCUT2D eigenvalue weighted by molar-refractivity contribution is 6.05. The molecule has 3 heterocycles. The number of hydrogen-bond donors (Lipinski definition) is 4. The monoisotopic (exact) mass is 531 g/mol. The third-order valence-electron chi connectivity index (χ3n) is 6.27. The lowest BCUT2D eigenvalue weighted by atomic mass is 10.2. The van der Waals surface area contributed by atoms with Crippen LogP contribution >= 0.6 is 0 Å². The molecule has 1 amide bonds. The summed E-state index contributed by atoms with van der Waals surface area (Å²) >= 11 is 0. The van der Waals surface area contributed by atoms with Crippen LogP contribution in [0.3, 0.4) is 0 Å². The molecule has 0 saturated carbocycles. The number of fused-ring (bicyclic) bond motifs is 1. The molecule has 0 bridgehead atoms. The molecule has 11 nitrogen and oxygen atoms in total. The van der Waals surface area contributed by atoms with Crippen LogP contribution in [0.2, 0.25) is 0 Å². The van der Waals surface area contributed by atoms with E-state index in [-0.39, 0.29) is 29.6 Å². The van der Waals surface area contributed by atoms with Crippen LogP contribution in [0.25, 0.3) is 16.7 Å². The van der Waals surface area contributed by atoms with Gasteiger partial charge in [0.1, 0.15) is 16.7 Å². The molecule has 0 aliphatic carbocycles. The second-order valence-electron chi connectivity index (χ2n) is 8.97. The van der Waals surface area contributed by atoms with E-state index in [4.69, 9.17) is 4.74 Å². The number of carbonyl (C=O) groups excluding carboxylic acids is 1. The average Bonchev–Trinajstić information content (AvgIpc) is 3.43. The molecule has 0 spiro atoms. The number of para-hydroxylation sites is 1. The Morgan fingerprint density at radius 3 is 2.67 bits per heavy atom. The van der Waals surface area contributed by atoms with Crippen molar-refractivity contribution in [1.29, 1.82) is 0 Å². The maximum atomic E-state index is 15.1. The summed E-state index contributed by atoms with van der Waals surface area (Å²) in [4.78, 5) is 30.4. The standard InChI is InChI=1S/C27H26FN7O4/c1-15(14-36)30-25-23-21(11-12-29-24(23)32-33-25)39-20-10-9-17(13-19(20)28)31-26(37)22-16(2)34(3)35(27(22)38)18-7-5-4-6-8-18/h4-13,15,36H,14H2,1-3H3,(H,31,37)(H2,29,30,32,33)/t15-/m1/s1. The van der Waals surface area contributed by atoms with Gasteiger partial charge < -0.3 is 20.5 Å². The molecule has 2 aromatic carbocycles. The number of hydrogen-bond acceptors (Lipinski definition) is 7. The highest BCUT2D eigenvalue weighted by Crippen LogP contribution is 2.34. The number of carbonyl (C=O) groups is 1. The molecule has 0 saturated heterocycles. The lowest BCUT2D eigenvalue weighted by molar-refractivity contribution is 0.102. The van der Waals surface area contributed by atoms with Gasteiger partial charge in [-0.25, -0.2) is 14.1 Å². The van der Waals surface area contributed by atoms with E-state index in [0.717, 1.165) is 6.07 Å². The molecule has 39 heavy (non-hydrogen) atoms. The van der Waals surface area contributed by atoms with Gasteiger partial charge in [-0.3, -0.25) is 19.4 Å². The fourth-order valence-electron chi connectivity index (χ4n) is 4.19. The third-order valence-corrected chi connectivity index (χ3v) is 6.27. The van der Waals surface area contributed by atoms with Crippen molar-refractivity contribution in [2.45, 2.75) is 19.9 Å². The van der Waals surface area contributed by atoms with Crippen molar-refractivity contribution in [3.8, 4) is 17.2 Å². The second-order valence-corrected chi connectivity index (χ2v) is 8.97. The molecule has 0 aliphatic heterocycles. The average molecular weight is 532 g/mol. The predicted octanol–water partition coefficient (Wildman–Crippen LogP) is 3.73. The van der Waals surface area contributed by atoms with Gasteiger partial charge in [0, 0.05) is 37.1 Å². The van der Waals surface area contributed by atoms with E-state index in [1.807, 2.05) is 6.07 Å². The Bertz CT molecular complexity index is 1730. The molecule has 0 fully saturated rings. The van der Waals surface area contributed by atoms with E-state index in [0.29, 0.717) is 34.0 Å². The lowest BCUT2D eigenvalue weighted by Gasteiger charge is -2.12. The summed E-state index contributed by atoms with van der Waals surface area (Å²) in [6.07, 6.45) is 1.49. The van der Waals surface area contributed by atoms with Gasteiger partial charge in [-0.15, -0.1) is 0 Å². The van der Waals surface area contributed by atoms with Crippen molar-refractivity contribution < 1.29 is 19.0 Å². The molecular weight excluding hydrogens is 505 g/mol. The number of amides is 1. The summed E-state index contributed by atoms with van der Waals surface area (Å²) in [5, 5.41) is 22.4. The summed E-state index contributed by atoms with van der Waals surface area (Å²) in [6, 6.07) is 14.2. The number of halogens is 1. The normalized spacial score (nSPS) is 11.9. The first kappa shape index (κ1) is 25.7. The fraction of sp³-hybridized carbons (Fsp3) is 0.185. The van der Waals surface area contributed by atoms with Gasteiger partial charge in [-0.05, 0) is 38.1 Å². The Labute approximate surface area is 221 Å². The summed E-state index contributed by atoms with van der Waals surface area (Å²) in [5.41, 5.74) is 1.12. The minimum atomic E-state index is -0.731. The van der Waals surface area contributed by atoms with Crippen LogP contribution in [0.15, 0.2) is 65.6 Å². The van der Waals surface area contributed by atoms with Gasteiger partial charge in [0.25, 0.3) is 11.5 Å². The number of ether oxygens (including phenoxy) is 1. The first-order chi connectivity index (χ1) is 18.8. The van der Waals surface area contributed by atoms with Crippen molar-refractivity contribution >= 4 is 28.4 Å². The van der Waals surface area contributed by atoms with Crippen LogP contribution in [0.1, 0.15) is 23.0 Å². The predicted molar refractivity (Wildman–Crippen MR) is 144 cm³/mol. The topological polar surface area (TPSA) is 139 Å². The number of anilines is 2. The van der Waals surface area contributed by atoms with Gasteiger partial charge in [0.2, 0.25) is 0 Å². The van der Waals surface area contributed by atoms with Crippen LogP contribution in [-0.2, 0) is 7.05 Å². The maximum Gasteiger partial charge on any atom is 0.284 e. The number of aromatic amines is 1. The van der Waals surface area contributed by atoms with Crippen LogP contribution in [0.5, 0.6) is 11.5 Å². The van der Waals surface area contributed by atoms with Crippen molar-refractivity contribution in [1.82, 2.24) is 24.5 Å². The van der Waals surface area contributed by atoms with Gasteiger partial charge in [0.05, 0.1) is 18.0 Å². The number of benzene rings is 2. The zero-order valence-electron chi connectivity index (χ0n) is 21.4. The SMILES string of the molecule is Cc1c(C(=O)Nc2ccc(Oc3ccnc4[nH]nc(N[C@H](C)CO)c34)c(F)c2)c(=O)n(-c2ccccc2)n1C. The number of aliphatic hydroxyl groups is 1. The maximum absolute atomic E-state index is 15.1.